The van der Waals surface area contributed by atoms with Gasteiger partial charge in [-0.25, -0.2) is 4.79 Å². The summed E-state index contributed by atoms with van der Waals surface area (Å²) in [5.74, 6) is -0.975. The van der Waals surface area contributed by atoms with Crippen LogP contribution >= 0.6 is 11.6 Å². The van der Waals surface area contributed by atoms with Crippen LogP contribution in [0.5, 0.6) is 5.75 Å². The minimum atomic E-state index is -1.10. The summed E-state index contributed by atoms with van der Waals surface area (Å²) < 4.78 is 5.49. The zero-order valence-electron chi connectivity index (χ0n) is 10.3. The predicted molar refractivity (Wildman–Crippen MR) is 73.9 cm³/mol. The number of para-hydroxylation sites is 1. The van der Waals surface area contributed by atoms with Crippen molar-refractivity contribution in [2.24, 2.45) is 0 Å². The van der Waals surface area contributed by atoms with E-state index in [1.165, 1.54) is 6.07 Å². The molecule has 0 atom stereocenters. The fraction of sp³-hybridized carbons (Fsp3) is 0.0667. The molecular formula is C15H10ClNO3. The first-order valence-corrected chi connectivity index (χ1v) is 6.13. The number of nitrogens with zero attached hydrogens (tertiary/aromatic N) is 1. The molecule has 0 amide bonds. The SMILES string of the molecule is N#Cc1cccc(COc2c(Cl)cccc2C(=O)O)c1. The fourth-order valence-electron chi connectivity index (χ4n) is 1.71. The summed E-state index contributed by atoms with van der Waals surface area (Å²) in [6.07, 6.45) is 0. The molecule has 20 heavy (non-hydrogen) atoms. The van der Waals surface area contributed by atoms with E-state index in [0.29, 0.717) is 5.56 Å². The third kappa shape index (κ3) is 3.08. The maximum Gasteiger partial charge on any atom is 0.339 e. The van der Waals surface area contributed by atoms with Crippen LogP contribution in [0.4, 0.5) is 0 Å². The van der Waals surface area contributed by atoms with Crippen LogP contribution in [0.2, 0.25) is 5.02 Å². The zero-order valence-corrected chi connectivity index (χ0v) is 11.1. The molecule has 0 aromatic heterocycles. The first kappa shape index (κ1) is 13.9. The Morgan fingerprint density at radius 1 is 1.30 bits per heavy atom. The molecule has 5 heteroatoms. The Morgan fingerprint density at radius 2 is 2.05 bits per heavy atom. The van der Waals surface area contributed by atoms with Crippen molar-refractivity contribution in [3.05, 3.63) is 64.2 Å². The van der Waals surface area contributed by atoms with Crippen molar-refractivity contribution < 1.29 is 14.6 Å². The van der Waals surface area contributed by atoms with E-state index in [0.717, 1.165) is 5.56 Å². The van der Waals surface area contributed by atoms with Gasteiger partial charge in [-0.2, -0.15) is 5.26 Å². The second kappa shape index (κ2) is 6.09. The lowest BCUT2D eigenvalue weighted by molar-refractivity contribution is 0.0691. The second-order valence-electron chi connectivity index (χ2n) is 4.02. The number of nitriles is 1. The quantitative estimate of drug-likeness (QED) is 0.934. The highest BCUT2D eigenvalue weighted by Gasteiger charge is 2.14. The summed E-state index contributed by atoms with van der Waals surface area (Å²) in [6, 6.07) is 13.5. The molecule has 1 N–H and O–H groups in total. The molecule has 0 radical (unpaired) electrons. The minimum absolute atomic E-state index is 0.00828. The Labute approximate surface area is 120 Å². The molecule has 0 aliphatic heterocycles. The normalized spacial score (nSPS) is 9.80. The Bertz CT molecular complexity index is 692. The summed E-state index contributed by atoms with van der Waals surface area (Å²) >= 11 is 5.96. The number of benzene rings is 2. The molecule has 0 unspecified atom stereocenters. The number of carboxylic acids is 1. The van der Waals surface area contributed by atoms with Gasteiger partial charge in [-0.15, -0.1) is 0 Å². The summed E-state index contributed by atoms with van der Waals surface area (Å²) in [7, 11) is 0. The van der Waals surface area contributed by atoms with E-state index in [2.05, 4.69) is 0 Å². The van der Waals surface area contributed by atoms with Crippen LogP contribution in [0.15, 0.2) is 42.5 Å². The van der Waals surface area contributed by atoms with E-state index < -0.39 is 5.97 Å². The standard InChI is InChI=1S/C15H10ClNO3/c16-13-6-2-5-12(15(18)19)14(13)20-9-11-4-1-3-10(7-11)8-17/h1-7H,9H2,(H,18,19). The molecule has 100 valence electrons. The van der Waals surface area contributed by atoms with Crippen molar-refractivity contribution in [2.45, 2.75) is 6.61 Å². The van der Waals surface area contributed by atoms with Crippen molar-refractivity contribution in [3.8, 4) is 11.8 Å². The topological polar surface area (TPSA) is 70.3 Å². The lowest BCUT2D eigenvalue weighted by Crippen LogP contribution is -2.04. The lowest BCUT2D eigenvalue weighted by atomic mass is 10.1. The van der Waals surface area contributed by atoms with Crippen molar-refractivity contribution in [1.82, 2.24) is 0 Å². The van der Waals surface area contributed by atoms with Gasteiger partial charge in [-0.05, 0) is 29.8 Å². The molecule has 2 rings (SSSR count). The number of hydrogen-bond donors (Lipinski definition) is 1. The molecule has 2 aromatic carbocycles. The Hall–Kier alpha value is -2.51. The third-order valence-electron chi connectivity index (χ3n) is 2.64. The van der Waals surface area contributed by atoms with Gasteiger partial charge in [0, 0.05) is 0 Å². The fourth-order valence-corrected chi connectivity index (χ4v) is 1.94. The van der Waals surface area contributed by atoms with E-state index in [1.807, 2.05) is 6.07 Å². The molecular weight excluding hydrogens is 278 g/mol. The molecule has 0 saturated heterocycles. The molecule has 0 fully saturated rings. The number of hydrogen-bond acceptors (Lipinski definition) is 3. The van der Waals surface area contributed by atoms with Crippen LogP contribution in [0.1, 0.15) is 21.5 Å². The van der Waals surface area contributed by atoms with Gasteiger partial charge in [-0.1, -0.05) is 29.8 Å². The number of ether oxygens (including phenoxy) is 1. The van der Waals surface area contributed by atoms with Crippen molar-refractivity contribution in [2.75, 3.05) is 0 Å². The van der Waals surface area contributed by atoms with Crippen LogP contribution in [0.25, 0.3) is 0 Å². The number of halogens is 1. The lowest BCUT2D eigenvalue weighted by Gasteiger charge is -2.11. The number of carboxylic acid groups (broad SMARTS) is 1. The van der Waals surface area contributed by atoms with Gasteiger partial charge in [0.2, 0.25) is 0 Å². The van der Waals surface area contributed by atoms with Crippen LogP contribution in [0.3, 0.4) is 0 Å². The molecule has 4 nitrogen and oxygen atoms in total. The Kier molecular flexibility index (Phi) is 4.24. The Morgan fingerprint density at radius 3 is 2.75 bits per heavy atom. The Balaban J connectivity index is 2.23. The van der Waals surface area contributed by atoms with Gasteiger partial charge in [0.15, 0.2) is 5.75 Å². The highest BCUT2D eigenvalue weighted by Crippen LogP contribution is 2.29. The van der Waals surface area contributed by atoms with Crippen molar-refractivity contribution in [3.63, 3.8) is 0 Å². The van der Waals surface area contributed by atoms with Crippen LogP contribution < -0.4 is 4.74 Å². The number of aromatic carboxylic acids is 1. The molecule has 0 spiro atoms. The summed E-state index contributed by atoms with van der Waals surface area (Å²) in [5, 5.41) is 18.1. The average Bonchev–Trinajstić information content (AvgIpc) is 2.45. The summed E-state index contributed by atoms with van der Waals surface area (Å²) in [4.78, 5) is 11.1. The minimum Gasteiger partial charge on any atom is -0.486 e. The van der Waals surface area contributed by atoms with Gasteiger partial charge in [0.25, 0.3) is 0 Å². The first-order chi connectivity index (χ1) is 9.61. The van der Waals surface area contributed by atoms with Crippen LogP contribution in [-0.4, -0.2) is 11.1 Å². The monoisotopic (exact) mass is 287 g/mol. The molecule has 0 heterocycles. The van der Waals surface area contributed by atoms with Crippen LogP contribution in [-0.2, 0) is 6.61 Å². The molecule has 2 aromatic rings. The van der Waals surface area contributed by atoms with E-state index >= 15 is 0 Å². The zero-order chi connectivity index (χ0) is 14.5. The highest BCUT2D eigenvalue weighted by atomic mass is 35.5. The van der Waals surface area contributed by atoms with Gasteiger partial charge < -0.3 is 9.84 Å². The van der Waals surface area contributed by atoms with Crippen molar-refractivity contribution in [1.29, 1.82) is 5.26 Å². The van der Waals surface area contributed by atoms with E-state index in [-0.39, 0.29) is 22.9 Å². The van der Waals surface area contributed by atoms with E-state index in [1.54, 1.807) is 36.4 Å². The van der Waals surface area contributed by atoms with Gasteiger partial charge in [0.05, 0.1) is 16.7 Å². The second-order valence-corrected chi connectivity index (χ2v) is 4.43. The number of rotatable bonds is 4. The molecule has 0 bridgehead atoms. The molecule has 0 aliphatic rings. The largest absolute Gasteiger partial charge is 0.486 e. The summed E-state index contributed by atoms with van der Waals surface area (Å²) in [6.45, 7) is 0.138. The van der Waals surface area contributed by atoms with Crippen LogP contribution in [0, 0.1) is 11.3 Å². The maximum absolute atomic E-state index is 11.1. The third-order valence-corrected chi connectivity index (χ3v) is 2.93. The smallest absolute Gasteiger partial charge is 0.339 e. The predicted octanol–water partition coefficient (Wildman–Crippen LogP) is 3.49. The summed E-state index contributed by atoms with van der Waals surface area (Å²) in [5.41, 5.74) is 1.29. The van der Waals surface area contributed by atoms with E-state index in [9.17, 15) is 4.79 Å². The van der Waals surface area contributed by atoms with Gasteiger partial charge in [0.1, 0.15) is 12.2 Å². The molecule has 0 aliphatic carbocycles. The molecule has 0 saturated carbocycles. The number of carbonyl (C=O) groups is 1. The van der Waals surface area contributed by atoms with Crippen molar-refractivity contribution >= 4 is 17.6 Å². The maximum atomic E-state index is 11.1. The van der Waals surface area contributed by atoms with Gasteiger partial charge >= 0.3 is 5.97 Å². The van der Waals surface area contributed by atoms with Gasteiger partial charge in [-0.3, -0.25) is 0 Å². The highest BCUT2D eigenvalue weighted by molar-refractivity contribution is 6.32. The average molecular weight is 288 g/mol. The first-order valence-electron chi connectivity index (χ1n) is 5.75. The van der Waals surface area contributed by atoms with E-state index in [4.69, 9.17) is 26.7 Å².